The van der Waals surface area contributed by atoms with Gasteiger partial charge >= 0.3 is 0 Å². The summed E-state index contributed by atoms with van der Waals surface area (Å²) in [7, 11) is 3.26. The van der Waals surface area contributed by atoms with E-state index in [9.17, 15) is 0 Å². The second-order valence-electron chi connectivity index (χ2n) is 6.99. The number of anilines is 1. The van der Waals surface area contributed by atoms with Gasteiger partial charge in [0.05, 0.1) is 31.1 Å². The van der Waals surface area contributed by atoms with E-state index in [1.165, 1.54) is 0 Å². The van der Waals surface area contributed by atoms with Crippen LogP contribution in [-0.2, 0) is 11.3 Å². The van der Waals surface area contributed by atoms with Gasteiger partial charge in [0.1, 0.15) is 5.84 Å². The van der Waals surface area contributed by atoms with Crippen molar-refractivity contribution < 1.29 is 14.2 Å². The molecule has 2 aliphatic heterocycles. The molecule has 0 radical (unpaired) electrons. The first kappa shape index (κ1) is 18.9. The van der Waals surface area contributed by atoms with E-state index >= 15 is 0 Å². The highest BCUT2D eigenvalue weighted by Gasteiger charge is 2.41. The third kappa shape index (κ3) is 3.62. The summed E-state index contributed by atoms with van der Waals surface area (Å²) >= 11 is 6.12. The van der Waals surface area contributed by atoms with Crippen molar-refractivity contribution in [2.75, 3.05) is 32.8 Å². The summed E-state index contributed by atoms with van der Waals surface area (Å²) in [6.07, 6.45) is 1.67. The van der Waals surface area contributed by atoms with Crippen LogP contribution in [-0.4, -0.2) is 38.8 Å². The molecule has 4 rings (SSSR count). The van der Waals surface area contributed by atoms with Crippen molar-refractivity contribution in [3.63, 3.8) is 0 Å². The maximum absolute atomic E-state index is 6.12. The van der Waals surface area contributed by atoms with E-state index in [1.54, 1.807) is 14.2 Å². The molecule has 1 spiro atoms. The lowest BCUT2D eigenvalue weighted by Gasteiger charge is -2.42. The number of hydrogen-bond donors (Lipinski definition) is 2. The van der Waals surface area contributed by atoms with Crippen molar-refractivity contribution in [2.45, 2.75) is 24.9 Å². The maximum Gasteiger partial charge on any atom is 0.163 e. The molecule has 2 N–H and O–H groups in total. The Morgan fingerprint density at radius 3 is 2.61 bits per heavy atom. The molecular weight excluding hydrogens is 378 g/mol. The third-order valence-corrected chi connectivity index (χ3v) is 5.49. The van der Waals surface area contributed by atoms with Crippen LogP contribution in [0, 0.1) is 0 Å². The molecule has 0 aliphatic carbocycles. The maximum atomic E-state index is 6.12. The molecule has 7 heteroatoms. The first-order valence-electron chi connectivity index (χ1n) is 9.33. The summed E-state index contributed by atoms with van der Waals surface area (Å²) in [5, 5.41) is 7.96. The van der Waals surface area contributed by atoms with E-state index < -0.39 is 0 Å². The monoisotopic (exact) mass is 401 g/mol. The summed E-state index contributed by atoms with van der Waals surface area (Å²) in [6.45, 7) is 2.02. The first-order valence-corrected chi connectivity index (χ1v) is 9.71. The molecular formula is C21H24ClN3O3. The largest absolute Gasteiger partial charge is 0.493 e. The van der Waals surface area contributed by atoms with E-state index in [0.29, 0.717) is 31.3 Å². The number of methoxy groups -OCH3 is 2. The molecule has 2 aromatic carbocycles. The van der Waals surface area contributed by atoms with E-state index in [-0.39, 0.29) is 5.54 Å². The Hall–Kier alpha value is -2.44. The van der Waals surface area contributed by atoms with Gasteiger partial charge in [-0.25, -0.2) is 4.99 Å². The van der Waals surface area contributed by atoms with Gasteiger partial charge in [-0.3, -0.25) is 0 Å². The number of nitrogens with one attached hydrogen (secondary N) is 2. The van der Waals surface area contributed by atoms with E-state index in [0.717, 1.165) is 40.6 Å². The van der Waals surface area contributed by atoms with E-state index in [2.05, 4.69) is 10.6 Å². The van der Waals surface area contributed by atoms with Gasteiger partial charge in [0.2, 0.25) is 0 Å². The highest BCUT2D eigenvalue weighted by atomic mass is 35.5. The number of aliphatic imine (C=N–C) groups is 1. The third-order valence-electron chi connectivity index (χ3n) is 5.26. The number of nitrogens with zero attached hydrogens (tertiary/aromatic N) is 1. The molecule has 148 valence electrons. The minimum absolute atomic E-state index is 0.288. The Morgan fingerprint density at radius 1 is 1.14 bits per heavy atom. The molecule has 1 saturated heterocycles. The number of hydrogen-bond acceptors (Lipinski definition) is 6. The predicted molar refractivity (Wildman–Crippen MR) is 111 cm³/mol. The molecule has 0 unspecified atom stereocenters. The van der Waals surface area contributed by atoms with Crippen LogP contribution >= 0.6 is 11.6 Å². The lowest BCUT2D eigenvalue weighted by molar-refractivity contribution is 0.0771. The number of halogens is 1. The molecule has 0 atom stereocenters. The smallest absolute Gasteiger partial charge is 0.163 e. The van der Waals surface area contributed by atoms with Crippen LogP contribution in [0.2, 0.25) is 5.02 Å². The molecule has 0 amide bonds. The van der Waals surface area contributed by atoms with Crippen molar-refractivity contribution in [1.29, 1.82) is 0 Å². The predicted octanol–water partition coefficient (Wildman–Crippen LogP) is 4.15. The van der Waals surface area contributed by atoms with Gasteiger partial charge < -0.3 is 24.8 Å². The molecule has 28 heavy (non-hydrogen) atoms. The molecule has 2 aliphatic rings. The van der Waals surface area contributed by atoms with Crippen LogP contribution in [0.25, 0.3) is 0 Å². The zero-order valence-electron chi connectivity index (χ0n) is 16.0. The number of benzene rings is 2. The zero-order chi connectivity index (χ0) is 19.6. The molecule has 2 heterocycles. The molecule has 0 bridgehead atoms. The number of fused-ring (bicyclic) bond motifs is 1. The Morgan fingerprint density at radius 2 is 1.89 bits per heavy atom. The van der Waals surface area contributed by atoms with Gasteiger partial charge in [-0.2, -0.15) is 0 Å². The van der Waals surface area contributed by atoms with Crippen LogP contribution in [0.3, 0.4) is 0 Å². The quantitative estimate of drug-likeness (QED) is 0.805. The summed E-state index contributed by atoms with van der Waals surface area (Å²) in [5.41, 5.74) is 2.58. The van der Waals surface area contributed by atoms with Crippen molar-refractivity contribution in [1.82, 2.24) is 5.32 Å². The Labute approximate surface area is 169 Å². The van der Waals surface area contributed by atoms with E-state index in [4.69, 9.17) is 30.8 Å². The van der Waals surface area contributed by atoms with Crippen molar-refractivity contribution >= 4 is 28.8 Å². The first-order chi connectivity index (χ1) is 13.6. The minimum Gasteiger partial charge on any atom is -0.493 e. The van der Waals surface area contributed by atoms with E-state index in [1.807, 2.05) is 36.4 Å². The van der Waals surface area contributed by atoms with Crippen LogP contribution in [0.1, 0.15) is 18.4 Å². The highest BCUT2D eigenvalue weighted by molar-refractivity contribution is 6.30. The number of amidine groups is 1. The van der Waals surface area contributed by atoms with Crippen LogP contribution in [0.15, 0.2) is 41.4 Å². The fourth-order valence-electron chi connectivity index (χ4n) is 3.73. The standard InChI is InChI=1S/C21H24ClN3O3/c1-26-18-11-16-17(12-19(18)27-2)25-21(6-8-28-9-7-21)20(24-16)23-13-14-4-3-5-15(22)10-14/h3-5,10-12,25H,6-9,13H2,1-2H3,(H,23,24). The van der Waals surface area contributed by atoms with Crippen LogP contribution < -0.4 is 20.1 Å². The van der Waals surface area contributed by atoms with Gasteiger partial charge in [0.15, 0.2) is 11.5 Å². The van der Waals surface area contributed by atoms with Crippen molar-refractivity contribution in [3.05, 3.63) is 47.0 Å². The van der Waals surface area contributed by atoms with Gasteiger partial charge in [-0.15, -0.1) is 0 Å². The SMILES string of the molecule is COc1cc2c(cc1OC)NC1(CCOCC1)C(NCc1cccc(Cl)c1)=N2. The molecule has 0 saturated carbocycles. The summed E-state index contributed by atoms with van der Waals surface area (Å²) in [4.78, 5) is 4.96. The van der Waals surface area contributed by atoms with Gasteiger partial charge in [0, 0.05) is 49.8 Å². The Balaban J connectivity index is 1.68. The van der Waals surface area contributed by atoms with Gasteiger partial charge in [0.25, 0.3) is 0 Å². The second-order valence-corrected chi connectivity index (χ2v) is 7.42. The average Bonchev–Trinajstić information content (AvgIpc) is 2.72. The molecule has 2 aromatic rings. The van der Waals surface area contributed by atoms with Gasteiger partial charge in [-0.05, 0) is 17.7 Å². The lowest BCUT2D eigenvalue weighted by Crippen LogP contribution is -2.56. The Kier molecular flexibility index (Phi) is 5.33. The summed E-state index contributed by atoms with van der Waals surface area (Å²) in [6, 6.07) is 11.7. The molecule has 0 aromatic heterocycles. The van der Waals surface area contributed by atoms with Gasteiger partial charge in [-0.1, -0.05) is 23.7 Å². The number of ether oxygens (including phenoxy) is 3. The second kappa shape index (κ2) is 7.89. The normalized spacial score (nSPS) is 17.3. The Bertz CT molecular complexity index is 894. The fourth-order valence-corrected chi connectivity index (χ4v) is 3.94. The average molecular weight is 402 g/mol. The highest BCUT2D eigenvalue weighted by Crippen LogP contribution is 2.43. The van der Waals surface area contributed by atoms with Crippen LogP contribution in [0.4, 0.5) is 11.4 Å². The van der Waals surface area contributed by atoms with Crippen molar-refractivity contribution in [2.24, 2.45) is 4.99 Å². The van der Waals surface area contributed by atoms with Crippen LogP contribution in [0.5, 0.6) is 11.5 Å². The lowest BCUT2D eigenvalue weighted by atomic mass is 9.86. The minimum atomic E-state index is -0.288. The zero-order valence-corrected chi connectivity index (χ0v) is 16.8. The number of rotatable bonds is 4. The molecule has 1 fully saturated rings. The van der Waals surface area contributed by atoms with Crippen molar-refractivity contribution in [3.8, 4) is 11.5 Å². The molecule has 6 nitrogen and oxygen atoms in total. The fraction of sp³-hybridized carbons (Fsp3) is 0.381. The topological polar surface area (TPSA) is 64.1 Å². The summed E-state index contributed by atoms with van der Waals surface area (Å²) in [5.74, 6) is 2.25. The summed E-state index contributed by atoms with van der Waals surface area (Å²) < 4.78 is 16.5.